The lowest BCUT2D eigenvalue weighted by atomic mass is 9.89. The second kappa shape index (κ2) is 11.4. The van der Waals surface area contributed by atoms with Crippen LogP contribution >= 0.6 is 12.6 Å². The van der Waals surface area contributed by atoms with Crippen molar-refractivity contribution in [1.29, 1.82) is 0 Å². The van der Waals surface area contributed by atoms with Gasteiger partial charge in [-0.1, -0.05) is 18.2 Å². The maximum Gasteiger partial charge on any atom is 0.255 e. The Hall–Kier alpha value is -2.96. The van der Waals surface area contributed by atoms with E-state index in [1.54, 1.807) is 37.4 Å². The van der Waals surface area contributed by atoms with Crippen LogP contribution in [0.1, 0.15) is 39.9 Å². The second-order valence-corrected chi connectivity index (χ2v) is 12.1. The van der Waals surface area contributed by atoms with Gasteiger partial charge in [-0.2, -0.15) is 12.6 Å². The van der Waals surface area contributed by atoms with Gasteiger partial charge in [0.25, 0.3) is 11.8 Å². The Morgan fingerprint density at radius 3 is 2.61 bits per heavy atom. The maximum atomic E-state index is 13.2. The van der Waals surface area contributed by atoms with Crippen molar-refractivity contribution in [3.63, 3.8) is 0 Å². The molecule has 9 nitrogen and oxygen atoms in total. The first-order chi connectivity index (χ1) is 18.1. The number of amides is 2. The van der Waals surface area contributed by atoms with E-state index < -0.39 is 15.6 Å². The van der Waals surface area contributed by atoms with Gasteiger partial charge < -0.3 is 5.32 Å². The summed E-state index contributed by atoms with van der Waals surface area (Å²) in [5, 5.41) is 2.76. The minimum atomic E-state index is -3.57. The number of aryl methyl sites for hydroxylation is 2. The number of likely N-dealkylation sites (N-methyl/N-ethyl adjacent to an activating group) is 1. The summed E-state index contributed by atoms with van der Waals surface area (Å²) >= 11 is 4.08. The summed E-state index contributed by atoms with van der Waals surface area (Å²) in [6.07, 6.45) is 0.825. The molecular formula is C26H31FN4O5S2. The van der Waals surface area contributed by atoms with E-state index in [4.69, 9.17) is 4.99 Å². The zero-order valence-corrected chi connectivity index (χ0v) is 23.0. The first-order valence-corrected chi connectivity index (χ1v) is 14.6. The normalized spacial score (nSPS) is 17.5. The van der Waals surface area contributed by atoms with Gasteiger partial charge in [0.05, 0.1) is 5.75 Å². The van der Waals surface area contributed by atoms with E-state index in [-0.39, 0.29) is 49.2 Å². The standard InChI is InChI=1S/C26H31FN4O5S2/c1-18-16-21(24(32)28-11-14-37)7-6-19(18)8-15-38(34,35)31-12-9-26(10-13-31)25(33)30(2)23(29-26)20-4-3-5-22(17-20)36-27/h3-7,16-17,37H,8-15H2,1-2H3,(H,28,32). The molecule has 0 radical (unpaired) electrons. The summed E-state index contributed by atoms with van der Waals surface area (Å²) < 4.78 is 40.4. The van der Waals surface area contributed by atoms with Gasteiger partial charge in [-0.25, -0.2) is 12.7 Å². The molecular weight excluding hydrogens is 531 g/mol. The van der Waals surface area contributed by atoms with E-state index in [0.717, 1.165) is 11.1 Å². The van der Waals surface area contributed by atoms with E-state index in [1.165, 1.54) is 21.3 Å². The van der Waals surface area contributed by atoms with E-state index in [1.807, 2.05) is 6.92 Å². The molecule has 4 rings (SSSR count). The number of thiol groups is 1. The van der Waals surface area contributed by atoms with E-state index in [2.05, 4.69) is 22.9 Å². The lowest BCUT2D eigenvalue weighted by molar-refractivity contribution is -0.131. The van der Waals surface area contributed by atoms with Crippen LogP contribution in [0, 0.1) is 6.92 Å². The van der Waals surface area contributed by atoms with Crippen LogP contribution in [0.5, 0.6) is 5.75 Å². The number of aliphatic imine (C=N–C) groups is 1. The van der Waals surface area contributed by atoms with Gasteiger partial charge >= 0.3 is 0 Å². The number of hydrogen-bond donors (Lipinski definition) is 2. The van der Waals surface area contributed by atoms with Crippen molar-refractivity contribution in [1.82, 2.24) is 14.5 Å². The molecule has 0 unspecified atom stereocenters. The Morgan fingerprint density at radius 2 is 1.95 bits per heavy atom. The SMILES string of the molecule is Cc1cc(C(=O)NCCS)ccc1CCS(=O)(=O)N1CCC2(CC1)N=C(c1cccc(OF)c1)N(C)C2=O. The third-order valence-corrected chi connectivity index (χ3v) is 9.19. The smallest absolute Gasteiger partial charge is 0.255 e. The van der Waals surface area contributed by atoms with Crippen LogP contribution in [-0.2, 0) is 21.2 Å². The Labute approximate surface area is 227 Å². The molecule has 2 amide bonds. The number of benzene rings is 2. The first-order valence-electron chi connectivity index (χ1n) is 12.3. The van der Waals surface area contributed by atoms with Crippen molar-refractivity contribution in [2.75, 3.05) is 38.2 Å². The molecule has 1 saturated heterocycles. The van der Waals surface area contributed by atoms with Gasteiger partial charge in [0, 0.05) is 48.1 Å². The fourth-order valence-electron chi connectivity index (χ4n) is 4.89. The number of nitrogens with one attached hydrogen (secondary N) is 1. The summed E-state index contributed by atoms with van der Waals surface area (Å²) in [6.45, 7) is 2.67. The Bertz CT molecular complexity index is 1360. The van der Waals surface area contributed by atoms with Crippen LogP contribution < -0.4 is 10.3 Å². The van der Waals surface area contributed by atoms with E-state index in [9.17, 15) is 22.5 Å². The van der Waals surface area contributed by atoms with Crippen molar-refractivity contribution in [3.05, 3.63) is 64.7 Å². The molecule has 1 N–H and O–H groups in total. The average molecular weight is 563 g/mol. The Kier molecular flexibility index (Phi) is 8.43. The molecule has 0 atom stereocenters. The van der Waals surface area contributed by atoms with E-state index >= 15 is 0 Å². The topological polar surface area (TPSA) is 108 Å². The highest BCUT2D eigenvalue weighted by Gasteiger charge is 2.50. The summed E-state index contributed by atoms with van der Waals surface area (Å²) in [5.41, 5.74) is 1.73. The molecule has 2 heterocycles. The summed E-state index contributed by atoms with van der Waals surface area (Å²) in [6, 6.07) is 11.5. The van der Waals surface area contributed by atoms with Crippen LogP contribution in [-0.4, -0.2) is 79.0 Å². The summed E-state index contributed by atoms with van der Waals surface area (Å²) in [4.78, 5) is 35.3. The molecule has 0 aromatic heterocycles. The van der Waals surface area contributed by atoms with Gasteiger partial charge in [0.15, 0.2) is 5.75 Å². The predicted molar refractivity (Wildman–Crippen MR) is 146 cm³/mol. The molecule has 2 aromatic carbocycles. The number of nitrogens with zero attached hydrogens (tertiary/aromatic N) is 3. The molecule has 1 fully saturated rings. The van der Waals surface area contributed by atoms with Crippen molar-refractivity contribution in [2.45, 2.75) is 31.7 Å². The molecule has 12 heteroatoms. The molecule has 0 aliphatic carbocycles. The quantitative estimate of drug-likeness (QED) is 0.457. The van der Waals surface area contributed by atoms with Gasteiger partial charge in [-0.05, 0) is 61.6 Å². The molecule has 38 heavy (non-hydrogen) atoms. The number of carbonyl (C=O) groups excluding carboxylic acids is 2. The largest absolute Gasteiger partial charge is 0.351 e. The number of piperidine rings is 1. The molecule has 1 spiro atoms. The third kappa shape index (κ3) is 5.71. The summed E-state index contributed by atoms with van der Waals surface area (Å²) in [7, 11) is -1.96. The minimum absolute atomic E-state index is 0.00885. The van der Waals surface area contributed by atoms with Gasteiger partial charge in [0.1, 0.15) is 11.4 Å². The van der Waals surface area contributed by atoms with Gasteiger partial charge in [-0.3, -0.25) is 24.4 Å². The summed E-state index contributed by atoms with van der Waals surface area (Å²) in [5.74, 6) is 0.485. The minimum Gasteiger partial charge on any atom is -0.351 e. The lowest BCUT2D eigenvalue weighted by Gasteiger charge is -2.35. The number of carbonyl (C=O) groups is 2. The van der Waals surface area contributed by atoms with Crippen molar-refractivity contribution in [3.8, 4) is 5.75 Å². The number of hydrogen-bond acceptors (Lipinski definition) is 7. The number of halogens is 1. The Balaban J connectivity index is 1.40. The zero-order valence-electron chi connectivity index (χ0n) is 21.3. The number of rotatable bonds is 9. The highest BCUT2D eigenvalue weighted by atomic mass is 32.2. The van der Waals surface area contributed by atoms with Crippen molar-refractivity contribution in [2.24, 2.45) is 4.99 Å². The monoisotopic (exact) mass is 562 g/mol. The number of amidine groups is 1. The molecule has 2 aliphatic heterocycles. The average Bonchev–Trinajstić information content (AvgIpc) is 3.16. The van der Waals surface area contributed by atoms with E-state index in [0.29, 0.717) is 35.7 Å². The van der Waals surface area contributed by atoms with Crippen LogP contribution in [0.3, 0.4) is 0 Å². The molecule has 204 valence electrons. The molecule has 2 aromatic rings. The number of sulfonamides is 1. The molecule has 2 aliphatic rings. The lowest BCUT2D eigenvalue weighted by Crippen LogP contribution is -2.51. The fraction of sp³-hybridized carbons (Fsp3) is 0.423. The highest BCUT2D eigenvalue weighted by molar-refractivity contribution is 7.89. The van der Waals surface area contributed by atoms with Crippen molar-refractivity contribution < 1.29 is 27.5 Å². The molecule has 0 bridgehead atoms. The highest BCUT2D eigenvalue weighted by Crippen LogP contribution is 2.35. The predicted octanol–water partition coefficient (Wildman–Crippen LogP) is 2.54. The zero-order chi connectivity index (χ0) is 27.5. The first kappa shape index (κ1) is 28.1. The van der Waals surface area contributed by atoms with Crippen molar-refractivity contribution >= 4 is 40.3 Å². The van der Waals surface area contributed by atoms with Crippen LogP contribution in [0.25, 0.3) is 0 Å². The van der Waals surface area contributed by atoms with Gasteiger partial charge in [-0.15, -0.1) is 0 Å². The van der Waals surface area contributed by atoms with Gasteiger partial charge in [0.2, 0.25) is 10.0 Å². The van der Waals surface area contributed by atoms with Crippen LogP contribution in [0.4, 0.5) is 4.53 Å². The fourth-order valence-corrected chi connectivity index (χ4v) is 6.48. The Morgan fingerprint density at radius 1 is 1.21 bits per heavy atom. The van der Waals surface area contributed by atoms with Crippen LogP contribution in [0.15, 0.2) is 47.5 Å². The third-order valence-electron chi connectivity index (χ3n) is 7.10. The second-order valence-electron chi connectivity index (χ2n) is 9.52. The van der Waals surface area contributed by atoms with Crippen LogP contribution in [0.2, 0.25) is 0 Å². The molecule has 0 saturated carbocycles. The maximum absolute atomic E-state index is 13.2.